The van der Waals surface area contributed by atoms with Gasteiger partial charge in [0.25, 0.3) is 0 Å². The standard InChI is InChI=1S/C12H18FN3/c13-10-4-5-12(16-9-10)15-8-6-11-3-1-2-7-14-11/h4-5,9,11,14H,1-3,6-8H2,(H,15,16). The summed E-state index contributed by atoms with van der Waals surface area (Å²) in [5, 5.41) is 6.70. The van der Waals surface area contributed by atoms with Crippen molar-refractivity contribution >= 4 is 5.82 Å². The summed E-state index contributed by atoms with van der Waals surface area (Å²) in [5.41, 5.74) is 0. The molecule has 0 saturated carbocycles. The Hall–Kier alpha value is -1.16. The number of halogens is 1. The van der Waals surface area contributed by atoms with E-state index in [0.717, 1.165) is 25.3 Å². The quantitative estimate of drug-likeness (QED) is 0.821. The minimum atomic E-state index is -0.292. The van der Waals surface area contributed by atoms with Crippen molar-refractivity contribution in [2.75, 3.05) is 18.4 Å². The van der Waals surface area contributed by atoms with Gasteiger partial charge in [0, 0.05) is 12.6 Å². The fourth-order valence-electron chi connectivity index (χ4n) is 2.03. The Kier molecular flexibility index (Phi) is 4.10. The van der Waals surface area contributed by atoms with Crippen molar-refractivity contribution in [1.29, 1.82) is 0 Å². The van der Waals surface area contributed by atoms with Gasteiger partial charge in [0.05, 0.1) is 6.20 Å². The fourth-order valence-corrected chi connectivity index (χ4v) is 2.03. The molecule has 1 fully saturated rings. The molecule has 2 N–H and O–H groups in total. The molecule has 0 aromatic carbocycles. The first-order valence-corrected chi connectivity index (χ1v) is 5.93. The zero-order chi connectivity index (χ0) is 11.2. The summed E-state index contributed by atoms with van der Waals surface area (Å²) in [6, 6.07) is 3.72. The summed E-state index contributed by atoms with van der Waals surface area (Å²) in [4.78, 5) is 3.95. The maximum Gasteiger partial charge on any atom is 0.141 e. The molecule has 1 aromatic rings. The minimum Gasteiger partial charge on any atom is -0.370 e. The molecule has 0 spiro atoms. The van der Waals surface area contributed by atoms with E-state index in [1.165, 1.54) is 31.5 Å². The van der Waals surface area contributed by atoms with Crippen LogP contribution in [0.5, 0.6) is 0 Å². The van der Waals surface area contributed by atoms with Gasteiger partial charge in [-0.2, -0.15) is 0 Å². The van der Waals surface area contributed by atoms with E-state index in [1.54, 1.807) is 6.07 Å². The highest BCUT2D eigenvalue weighted by molar-refractivity contribution is 5.33. The second-order valence-corrected chi connectivity index (χ2v) is 4.22. The number of pyridine rings is 1. The Labute approximate surface area is 95.5 Å². The molecule has 0 bridgehead atoms. The van der Waals surface area contributed by atoms with Gasteiger partial charge in [-0.25, -0.2) is 9.37 Å². The summed E-state index contributed by atoms with van der Waals surface area (Å²) in [6.45, 7) is 2.02. The monoisotopic (exact) mass is 223 g/mol. The number of nitrogens with zero attached hydrogens (tertiary/aromatic N) is 1. The molecular weight excluding hydrogens is 205 g/mol. The normalized spacial score (nSPS) is 20.7. The van der Waals surface area contributed by atoms with Crippen LogP contribution in [0.25, 0.3) is 0 Å². The molecule has 4 heteroatoms. The number of piperidine rings is 1. The second-order valence-electron chi connectivity index (χ2n) is 4.22. The van der Waals surface area contributed by atoms with Crippen molar-refractivity contribution in [3.8, 4) is 0 Å². The van der Waals surface area contributed by atoms with E-state index in [-0.39, 0.29) is 5.82 Å². The van der Waals surface area contributed by atoms with Crippen LogP contribution in [0.15, 0.2) is 18.3 Å². The van der Waals surface area contributed by atoms with Crippen LogP contribution in [0.1, 0.15) is 25.7 Å². The van der Waals surface area contributed by atoms with Gasteiger partial charge in [-0.15, -0.1) is 0 Å². The fraction of sp³-hybridized carbons (Fsp3) is 0.583. The van der Waals surface area contributed by atoms with Crippen LogP contribution in [-0.4, -0.2) is 24.1 Å². The smallest absolute Gasteiger partial charge is 0.141 e. The lowest BCUT2D eigenvalue weighted by molar-refractivity contribution is 0.389. The number of rotatable bonds is 4. The van der Waals surface area contributed by atoms with Crippen molar-refractivity contribution < 1.29 is 4.39 Å². The van der Waals surface area contributed by atoms with Crippen molar-refractivity contribution in [3.05, 3.63) is 24.1 Å². The average Bonchev–Trinajstić information content (AvgIpc) is 2.33. The zero-order valence-electron chi connectivity index (χ0n) is 9.38. The van der Waals surface area contributed by atoms with Crippen molar-refractivity contribution in [2.24, 2.45) is 0 Å². The number of hydrogen-bond donors (Lipinski definition) is 2. The van der Waals surface area contributed by atoms with Gasteiger partial charge >= 0.3 is 0 Å². The predicted molar refractivity (Wildman–Crippen MR) is 62.9 cm³/mol. The van der Waals surface area contributed by atoms with E-state index in [4.69, 9.17) is 0 Å². The lowest BCUT2D eigenvalue weighted by atomic mass is 10.0. The van der Waals surface area contributed by atoms with Gasteiger partial charge in [0.2, 0.25) is 0 Å². The molecule has 0 radical (unpaired) electrons. The molecule has 0 amide bonds. The third-order valence-corrected chi connectivity index (χ3v) is 2.94. The van der Waals surface area contributed by atoms with Crippen LogP contribution < -0.4 is 10.6 Å². The number of nitrogens with one attached hydrogen (secondary N) is 2. The first-order valence-electron chi connectivity index (χ1n) is 5.93. The topological polar surface area (TPSA) is 37.0 Å². The van der Waals surface area contributed by atoms with E-state index < -0.39 is 0 Å². The molecule has 1 unspecified atom stereocenters. The molecular formula is C12H18FN3. The molecule has 3 nitrogen and oxygen atoms in total. The third-order valence-electron chi connectivity index (χ3n) is 2.94. The summed E-state index contributed by atoms with van der Waals surface area (Å²) in [5.74, 6) is 0.455. The number of aromatic nitrogens is 1. The maximum atomic E-state index is 12.6. The van der Waals surface area contributed by atoms with Gasteiger partial charge < -0.3 is 10.6 Å². The van der Waals surface area contributed by atoms with Crippen LogP contribution in [-0.2, 0) is 0 Å². The molecule has 88 valence electrons. The number of anilines is 1. The summed E-state index contributed by atoms with van der Waals surface area (Å²) in [7, 11) is 0. The van der Waals surface area contributed by atoms with Crippen molar-refractivity contribution in [1.82, 2.24) is 10.3 Å². The van der Waals surface area contributed by atoms with Gasteiger partial charge in [-0.1, -0.05) is 6.42 Å². The molecule has 0 aliphatic carbocycles. The van der Waals surface area contributed by atoms with Crippen molar-refractivity contribution in [2.45, 2.75) is 31.7 Å². The van der Waals surface area contributed by atoms with Crippen LogP contribution >= 0.6 is 0 Å². The van der Waals surface area contributed by atoms with E-state index in [1.807, 2.05) is 0 Å². The first-order chi connectivity index (χ1) is 7.84. The minimum absolute atomic E-state index is 0.292. The molecule has 2 heterocycles. The van der Waals surface area contributed by atoms with E-state index in [0.29, 0.717) is 6.04 Å². The van der Waals surface area contributed by atoms with Gasteiger partial charge in [0.15, 0.2) is 0 Å². The third kappa shape index (κ3) is 3.45. The summed E-state index contributed by atoms with van der Waals surface area (Å²) in [6.07, 6.45) is 6.22. The Morgan fingerprint density at radius 3 is 3.06 bits per heavy atom. The van der Waals surface area contributed by atoms with Crippen LogP contribution in [0.3, 0.4) is 0 Å². The van der Waals surface area contributed by atoms with Crippen molar-refractivity contribution in [3.63, 3.8) is 0 Å². The lowest BCUT2D eigenvalue weighted by Gasteiger charge is -2.23. The summed E-state index contributed by atoms with van der Waals surface area (Å²) < 4.78 is 12.6. The van der Waals surface area contributed by atoms with Crippen LogP contribution in [0, 0.1) is 5.82 Å². The Morgan fingerprint density at radius 2 is 2.38 bits per heavy atom. The SMILES string of the molecule is Fc1ccc(NCCC2CCCCN2)nc1. The van der Waals surface area contributed by atoms with Gasteiger partial charge in [-0.3, -0.25) is 0 Å². The highest BCUT2D eigenvalue weighted by Crippen LogP contribution is 2.10. The first kappa shape index (κ1) is 11.3. The summed E-state index contributed by atoms with van der Waals surface area (Å²) >= 11 is 0. The molecule has 1 atom stereocenters. The van der Waals surface area contributed by atoms with E-state index in [9.17, 15) is 4.39 Å². The van der Waals surface area contributed by atoms with Gasteiger partial charge in [0.1, 0.15) is 11.6 Å². The molecule has 1 aromatic heterocycles. The Morgan fingerprint density at radius 1 is 1.44 bits per heavy atom. The lowest BCUT2D eigenvalue weighted by Crippen LogP contribution is -2.35. The Balaban J connectivity index is 1.69. The molecule has 1 aliphatic heterocycles. The molecule has 1 saturated heterocycles. The average molecular weight is 223 g/mol. The van der Waals surface area contributed by atoms with E-state index in [2.05, 4.69) is 15.6 Å². The largest absolute Gasteiger partial charge is 0.370 e. The van der Waals surface area contributed by atoms with Crippen LogP contribution in [0.2, 0.25) is 0 Å². The number of hydrogen-bond acceptors (Lipinski definition) is 3. The molecule has 16 heavy (non-hydrogen) atoms. The van der Waals surface area contributed by atoms with E-state index >= 15 is 0 Å². The highest BCUT2D eigenvalue weighted by atomic mass is 19.1. The molecule has 2 rings (SSSR count). The highest BCUT2D eigenvalue weighted by Gasteiger charge is 2.11. The maximum absolute atomic E-state index is 12.6. The Bertz CT molecular complexity index is 307. The molecule has 1 aliphatic rings. The zero-order valence-corrected chi connectivity index (χ0v) is 9.38. The second kappa shape index (κ2) is 5.80. The van der Waals surface area contributed by atoms with Gasteiger partial charge in [-0.05, 0) is 37.9 Å². The van der Waals surface area contributed by atoms with Crippen LogP contribution in [0.4, 0.5) is 10.2 Å². The predicted octanol–water partition coefficient (Wildman–Crippen LogP) is 2.16.